The molecule has 6 rings (SSSR count). The Morgan fingerprint density at radius 1 is 1.24 bits per heavy atom. The van der Waals surface area contributed by atoms with Gasteiger partial charge in [0.05, 0.1) is 22.8 Å². The molecule has 29 heavy (non-hydrogen) atoms. The quantitative estimate of drug-likeness (QED) is 0.554. The molecule has 3 unspecified atom stereocenters. The standard InChI is InChI=1S/C23H19N3O3/c24-22(27)23(28)7-5-17(23)21-16-12-26-11-15-9-14-3-1-2-4-18(14)25-20(15)19(26)10-13(16)6-8-29-21/h1-4,6,8-12,17,21,28H,5,7H2,(H2,24,27). The summed E-state index contributed by atoms with van der Waals surface area (Å²) in [5, 5.41) is 12.8. The van der Waals surface area contributed by atoms with Crippen molar-refractivity contribution in [2.24, 2.45) is 11.7 Å². The van der Waals surface area contributed by atoms with Gasteiger partial charge in [0.25, 0.3) is 0 Å². The zero-order chi connectivity index (χ0) is 19.8. The highest BCUT2D eigenvalue weighted by Gasteiger charge is 2.55. The topological polar surface area (TPSA) is 89.9 Å². The zero-order valence-corrected chi connectivity index (χ0v) is 15.6. The number of nitrogens with zero attached hydrogens (tertiary/aromatic N) is 2. The summed E-state index contributed by atoms with van der Waals surface area (Å²) in [6.45, 7) is 0. The molecule has 0 saturated heterocycles. The molecule has 4 heterocycles. The van der Waals surface area contributed by atoms with Crippen LogP contribution >= 0.6 is 0 Å². The van der Waals surface area contributed by atoms with Crippen molar-refractivity contribution in [2.45, 2.75) is 24.5 Å². The highest BCUT2D eigenvalue weighted by atomic mass is 16.5. The van der Waals surface area contributed by atoms with Crippen molar-refractivity contribution in [1.82, 2.24) is 9.38 Å². The zero-order valence-electron chi connectivity index (χ0n) is 15.6. The average molecular weight is 385 g/mol. The number of aliphatic hydroxyl groups is 1. The number of rotatable bonds is 2. The molecule has 6 heteroatoms. The van der Waals surface area contributed by atoms with Gasteiger partial charge in [0.15, 0.2) is 0 Å². The molecule has 1 amide bonds. The molecule has 6 nitrogen and oxygen atoms in total. The number of amides is 1. The first kappa shape index (κ1) is 16.6. The van der Waals surface area contributed by atoms with Crippen LogP contribution in [0.5, 0.6) is 0 Å². The van der Waals surface area contributed by atoms with Crippen molar-refractivity contribution in [1.29, 1.82) is 0 Å². The van der Waals surface area contributed by atoms with Crippen LogP contribution in [0, 0.1) is 5.92 Å². The fraction of sp³-hybridized carbons (Fsp3) is 0.217. The highest BCUT2D eigenvalue weighted by Crippen LogP contribution is 2.49. The summed E-state index contributed by atoms with van der Waals surface area (Å²) in [6, 6.07) is 12.3. The van der Waals surface area contributed by atoms with Crippen LogP contribution in [0.25, 0.3) is 33.4 Å². The second kappa shape index (κ2) is 5.58. The maximum absolute atomic E-state index is 11.8. The van der Waals surface area contributed by atoms with Gasteiger partial charge < -0.3 is 20.0 Å². The van der Waals surface area contributed by atoms with Crippen molar-refractivity contribution < 1.29 is 14.6 Å². The van der Waals surface area contributed by atoms with Gasteiger partial charge in [0.1, 0.15) is 11.7 Å². The van der Waals surface area contributed by atoms with Crippen LogP contribution in [-0.2, 0) is 9.53 Å². The second-order valence-corrected chi connectivity index (χ2v) is 8.02. The third kappa shape index (κ3) is 2.20. The van der Waals surface area contributed by atoms with Crippen LogP contribution in [0.1, 0.15) is 30.1 Å². The molecular formula is C23H19N3O3. The Balaban J connectivity index is 1.54. The molecule has 1 aliphatic heterocycles. The van der Waals surface area contributed by atoms with Gasteiger partial charge in [-0.25, -0.2) is 4.98 Å². The van der Waals surface area contributed by atoms with E-state index in [2.05, 4.69) is 24.4 Å². The Morgan fingerprint density at radius 2 is 2.10 bits per heavy atom. The third-order valence-electron chi connectivity index (χ3n) is 6.48. The fourth-order valence-corrected chi connectivity index (χ4v) is 4.74. The summed E-state index contributed by atoms with van der Waals surface area (Å²) in [6.07, 6.45) is 8.27. The number of hydrogen-bond donors (Lipinski definition) is 2. The summed E-state index contributed by atoms with van der Waals surface area (Å²) in [5.41, 5.74) is 8.81. The van der Waals surface area contributed by atoms with E-state index in [0.717, 1.165) is 38.4 Å². The lowest BCUT2D eigenvalue weighted by Crippen LogP contribution is -2.58. The lowest BCUT2D eigenvalue weighted by Gasteiger charge is -2.47. The van der Waals surface area contributed by atoms with Crippen LogP contribution in [0.15, 0.2) is 55.1 Å². The van der Waals surface area contributed by atoms with E-state index in [1.807, 2.05) is 34.9 Å². The SMILES string of the molecule is NC(=O)C1(O)CCC1C1OC=Cc2cc3c4nc5ccccc5cc4cn3cc21. The van der Waals surface area contributed by atoms with E-state index in [9.17, 15) is 9.90 Å². The van der Waals surface area contributed by atoms with E-state index in [1.165, 1.54) is 0 Å². The predicted octanol–water partition coefficient (Wildman–Crippen LogP) is 3.31. The number of hydrogen-bond acceptors (Lipinski definition) is 4. The normalized spacial score (nSPS) is 25.7. The Labute approximate surface area is 166 Å². The number of benzene rings is 1. The predicted molar refractivity (Wildman–Crippen MR) is 110 cm³/mol. The average Bonchev–Trinajstić information content (AvgIpc) is 3.05. The van der Waals surface area contributed by atoms with Gasteiger partial charge in [0.2, 0.25) is 5.91 Å². The van der Waals surface area contributed by atoms with Gasteiger partial charge in [-0.05, 0) is 42.7 Å². The van der Waals surface area contributed by atoms with Crippen LogP contribution in [0.3, 0.4) is 0 Å². The molecule has 1 aliphatic carbocycles. The third-order valence-corrected chi connectivity index (χ3v) is 6.48. The number of para-hydroxylation sites is 1. The lowest BCUT2D eigenvalue weighted by molar-refractivity contribution is -0.171. The van der Waals surface area contributed by atoms with Gasteiger partial charge >= 0.3 is 0 Å². The largest absolute Gasteiger partial charge is 0.493 e. The molecule has 1 fully saturated rings. The van der Waals surface area contributed by atoms with Crippen molar-refractivity contribution >= 4 is 39.3 Å². The van der Waals surface area contributed by atoms with Gasteiger partial charge in [-0.2, -0.15) is 0 Å². The van der Waals surface area contributed by atoms with Crippen LogP contribution < -0.4 is 5.73 Å². The fourth-order valence-electron chi connectivity index (χ4n) is 4.74. The summed E-state index contributed by atoms with van der Waals surface area (Å²) in [4.78, 5) is 16.7. The summed E-state index contributed by atoms with van der Waals surface area (Å²) in [5.74, 6) is -1.04. The minimum Gasteiger partial charge on any atom is -0.493 e. The first-order valence-electron chi connectivity index (χ1n) is 9.73. The molecule has 3 aromatic heterocycles. The summed E-state index contributed by atoms with van der Waals surface area (Å²) >= 11 is 0. The minimum atomic E-state index is -1.51. The smallest absolute Gasteiger partial charge is 0.249 e. The maximum Gasteiger partial charge on any atom is 0.249 e. The van der Waals surface area contributed by atoms with Crippen molar-refractivity contribution in [2.75, 3.05) is 0 Å². The molecule has 0 bridgehead atoms. The molecule has 3 atom stereocenters. The van der Waals surface area contributed by atoms with Gasteiger partial charge in [0, 0.05) is 34.6 Å². The van der Waals surface area contributed by atoms with Crippen molar-refractivity contribution in [3.63, 3.8) is 0 Å². The molecule has 144 valence electrons. The summed E-state index contributed by atoms with van der Waals surface area (Å²) < 4.78 is 7.91. The Bertz CT molecular complexity index is 1360. The molecule has 3 N–H and O–H groups in total. The Morgan fingerprint density at radius 3 is 2.90 bits per heavy atom. The van der Waals surface area contributed by atoms with E-state index in [4.69, 9.17) is 15.5 Å². The number of fused-ring (bicyclic) bond motifs is 5. The number of nitrogens with two attached hydrogens (primary N) is 1. The molecule has 0 spiro atoms. The number of carbonyl (C=O) groups excluding carboxylic acids is 1. The van der Waals surface area contributed by atoms with E-state index in [0.29, 0.717) is 12.8 Å². The van der Waals surface area contributed by atoms with Crippen LogP contribution in [0.4, 0.5) is 0 Å². The summed E-state index contributed by atoms with van der Waals surface area (Å²) in [7, 11) is 0. The molecule has 2 aliphatic rings. The van der Waals surface area contributed by atoms with E-state index >= 15 is 0 Å². The Kier molecular flexibility index (Phi) is 3.19. The van der Waals surface area contributed by atoms with Crippen molar-refractivity contribution in [3.05, 3.63) is 66.2 Å². The highest BCUT2D eigenvalue weighted by molar-refractivity contribution is 6.01. The first-order chi connectivity index (χ1) is 14.0. The number of pyridine rings is 2. The molecule has 1 saturated carbocycles. The maximum atomic E-state index is 11.8. The molecule has 0 radical (unpaired) electrons. The van der Waals surface area contributed by atoms with Gasteiger partial charge in [-0.3, -0.25) is 4.79 Å². The van der Waals surface area contributed by atoms with E-state index in [1.54, 1.807) is 6.26 Å². The van der Waals surface area contributed by atoms with E-state index in [-0.39, 0.29) is 5.92 Å². The monoisotopic (exact) mass is 385 g/mol. The van der Waals surface area contributed by atoms with Crippen LogP contribution in [-0.4, -0.2) is 26.0 Å². The van der Waals surface area contributed by atoms with Gasteiger partial charge in [-0.15, -0.1) is 0 Å². The number of carbonyl (C=O) groups is 1. The van der Waals surface area contributed by atoms with Crippen LogP contribution in [0.2, 0.25) is 0 Å². The van der Waals surface area contributed by atoms with E-state index < -0.39 is 17.6 Å². The first-order valence-corrected chi connectivity index (χ1v) is 9.73. The number of aromatic nitrogens is 2. The van der Waals surface area contributed by atoms with Crippen molar-refractivity contribution in [3.8, 4) is 0 Å². The minimum absolute atomic E-state index is 0.355. The Hall–Kier alpha value is -3.38. The molecule has 4 aromatic rings. The molecule has 1 aromatic carbocycles. The number of primary amides is 1. The number of ether oxygens (including phenoxy) is 1. The molecular weight excluding hydrogens is 366 g/mol. The second-order valence-electron chi connectivity index (χ2n) is 8.02. The van der Waals surface area contributed by atoms with Gasteiger partial charge in [-0.1, -0.05) is 18.2 Å². The lowest BCUT2D eigenvalue weighted by atomic mass is 9.64.